The van der Waals surface area contributed by atoms with Crippen LogP contribution >= 0.6 is 0 Å². The molecule has 0 spiro atoms. The van der Waals surface area contributed by atoms with Crippen LogP contribution in [0.4, 0.5) is 0 Å². The SMILES string of the molecule is C.C.C.C.C.C.C.C.C.C.C.C.C.C.C.C.C.C.CCOC(=O)C(C)(C)CC(C)(CC(C)(C)C(=O)OCCO)C(=O)OCCN(C)C.CCOC(=O)C(C)(C)CC(C)(CC(C)(CC(C)(C)C(=O)OCCO)C(=O)OC)C(=O)OCCN(C)C.CCOC(=O)C(C)(C)CC(C)(CC(C)C(=O)OCCN(C)C)C(=O)OCC[N+](C)(C)C.COCCOC(=O)C(C)(C)CC(C)C(=O)OCCN(C)C. The van der Waals surface area contributed by atoms with E-state index in [1.165, 1.54) is 7.11 Å². The standard InChI is InChI=1S/C26H47NO9.C23H45N2O6.C21H39NO7.C15H29NO5.18CH4/c1-11-34-19(29)23(2,3)17-26(7,22(32)35-14-12-27(8)9)18-25(6,21(31)33-10)16-24(4,5)20(30)36-15-13-28;1-11-29-20(27)22(3,4)17-23(5,21(28)31-15-13-25(8,9)10)16-18(2)19(26)30-14-12-24(6)7;1-9-27-16(24)19(2,3)14-21(6,18(26)28-12-10-22(7)8)15-20(4,5)17(25)29-13-11-23;1-12(13(17)20-8-7-16(4)5)11-15(2,3)14(18)21-10-9-19-6;;;;;;;;;;;;;;;;;;/h28H,11-18H2,1-10H3;18H,11-17H2,1-10H3;23H,9-15H2,1-8H3;12H,7-11H2,1-6H3;18*1H4/q;+1;;;;;;;;;;;;;;;;;;;;. The van der Waals surface area contributed by atoms with Gasteiger partial charge in [0, 0.05) is 33.3 Å². The van der Waals surface area contributed by atoms with Gasteiger partial charge in [0.2, 0.25) is 0 Å². The molecule has 6 atom stereocenters. The minimum Gasteiger partial charge on any atom is -0.469 e. The van der Waals surface area contributed by atoms with E-state index in [1.54, 1.807) is 153 Å². The molecule has 2 N–H and O–H groups in total. The molecule has 0 rings (SSSR count). The largest absolute Gasteiger partial charge is 0.469 e. The highest BCUT2D eigenvalue weighted by atomic mass is 16.6. The van der Waals surface area contributed by atoms with Crippen LogP contribution in [0.3, 0.4) is 0 Å². The Kier molecular flexibility index (Phi) is 118. The van der Waals surface area contributed by atoms with Crippen LogP contribution in [0.15, 0.2) is 0 Å². The Hall–Kier alpha value is -6.68. The van der Waals surface area contributed by atoms with E-state index in [9.17, 15) is 57.5 Å². The first-order valence-corrected chi connectivity index (χ1v) is 40.4. The summed E-state index contributed by atoms with van der Waals surface area (Å²) in [5.74, 6) is -6.24. The molecule has 0 saturated carbocycles. The molecule has 0 aliphatic rings. The number of esters is 12. The molecule has 0 aliphatic carbocycles. The van der Waals surface area contributed by atoms with E-state index in [-0.39, 0.29) is 288 Å². The zero-order valence-corrected chi connectivity index (χ0v) is 78.6. The van der Waals surface area contributed by atoms with Crippen LogP contribution in [0, 0.1) is 66.0 Å². The molecular weight excluding hydrogens is 1740 g/mol. The molecule has 135 heavy (non-hydrogen) atoms. The van der Waals surface area contributed by atoms with Crippen molar-refractivity contribution >= 4 is 71.6 Å². The lowest BCUT2D eigenvalue weighted by molar-refractivity contribution is -0.870. The van der Waals surface area contributed by atoms with Crippen LogP contribution in [0.25, 0.3) is 0 Å². The minimum absolute atomic E-state index is 0. The van der Waals surface area contributed by atoms with Gasteiger partial charge in [0.1, 0.15) is 59.4 Å². The van der Waals surface area contributed by atoms with Gasteiger partial charge in [-0.25, -0.2) is 0 Å². The van der Waals surface area contributed by atoms with Crippen molar-refractivity contribution in [1.82, 2.24) is 19.6 Å². The third-order valence-corrected chi connectivity index (χ3v) is 18.9. The zero-order valence-electron chi connectivity index (χ0n) is 78.6. The summed E-state index contributed by atoms with van der Waals surface area (Å²) >= 11 is 0. The molecule has 32 heteroatoms. The molecule has 0 fully saturated rings. The van der Waals surface area contributed by atoms with E-state index in [2.05, 4.69) is 0 Å². The summed E-state index contributed by atoms with van der Waals surface area (Å²) in [5, 5.41) is 17.9. The monoisotopic (exact) mass is 1970 g/mol. The summed E-state index contributed by atoms with van der Waals surface area (Å²) in [5.41, 5.74) is -10.6. The zero-order chi connectivity index (χ0) is 92.2. The Balaban J connectivity index is -0.0000000611. The molecule has 0 aliphatic heterocycles. The second-order valence-electron chi connectivity index (χ2n) is 37.3. The van der Waals surface area contributed by atoms with Crippen LogP contribution in [0.1, 0.15) is 330 Å². The summed E-state index contributed by atoms with van der Waals surface area (Å²) in [6.45, 7) is 40.6. The highest BCUT2D eigenvalue weighted by Gasteiger charge is 2.54. The van der Waals surface area contributed by atoms with E-state index in [1.807, 2.05) is 97.1 Å². The van der Waals surface area contributed by atoms with Gasteiger partial charge in [0.25, 0.3) is 0 Å². The fourth-order valence-electron chi connectivity index (χ4n) is 13.5. The Morgan fingerprint density at radius 3 is 0.733 bits per heavy atom. The number of methoxy groups -OCH3 is 2. The second-order valence-corrected chi connectivity index (χ2v) is 37.3. The molecule has 0 aromatic rings. The van der Waals surface area contributed by atoms with Gasteiger partial charge in [-0.2, -0.15) is 0 Å². The first kappa shape index (κ1) is 184. The molecule has 0 heterocycles. The number of likely N-dealkylation sites (N-methyl/N-ethyl adjacent to an activating group) is 5. The van der Waals surface area contributed by atoms with E-state index in [4.69, 9.17) is 71.8 Å². The summed E-state index contributed by atoms with van der Waals surface area (Å²) in [4.78, 5) is 159. The van der Waals surface area contributed by atoms with Gasteiger partial charge >= 0.3 is 71.6 Å². The van der Waals surface area contributed by atoms with Crippen LogP contribution in [0.5, 0.6) is 0 Å². The van der Waals surface area contributed by atoms with Crippen LogP contribution < -0.4 is 0 Å². The fraction of sp³-hybridized carbons (Fsp3) is 0.883. The highest BCUT2D eigenvalue weighted by molar-refractivity contribution is 5.86. The average molecular weight is 1970 g/mol. The lowest BCUT2D eigenvalue weighted by Gasteiger charge is -2.42. The smallest absolute Gasteiger partial charge is 0.312 e. The first-order chi connectivity index (χ1) is 53.4. The summed E-state index contributed by atoms with van der Waals surface area (Å²) < 4.78 is 68.7. The van der Waals surface area contributed by atoms with Crippen molar-refractivity contribution in [2.45, 2.75) is 330 Å². The van der Waals surface area contributed by atoms with Gasteiger partial charge in [0.15, 0.2) is 0 Å². The average Bonchev–Trinajstić information content (AvgIpc) is 0.771. The topological polar surface area (TPSA) is 378 Å². The van der Waals surface area contributed by atoms with Crippen molar-refractivity contribution in [2.24, 2.45) is 66.0 Å². The number of aliphatic hydroxyl groups excluding tert-OH is 2. The summed E-state index contributed by atoms with van der Waals surface area (Å²) in [6.07, 6.45) is 1.08. The molecule has 6 unspecified atom stereocenters. The number of ether oxygens (including phenoxy) is 13. The van der Waals surface area contributed by atoms with E-state index in [0.29, 0.717) is 56.8 Å². The maximum atomic E-state index is 13.5. The predicted molar refractivity (Wildman–Crippen MR) is 564 cm³/mol. The van der Waals surface area contributed by atoms with Crippen LogP contribution in [-0.2, 0) is 119 Å². The Morgan fingerprint density at radius 2 is 0.481 bits per heavy atom. The third-order valence-electron chi connectivity index (χ3n) is 18.9. The number of rotatable bonds is 53. The minimum atomic E-state index is -1.31. The number of hydrogen-bond acceptors (Lipinski definition) is 31. The number of carbonyl (C=O) groups is 12. The van der Waals surface area contributed by atoms with Crippen LogP contribution in [-0.4, -0.2) is 323 Å². The molecule has 0 amide bonds. The van der Waals surface area contributed by atoms with Crippen molar-refractivity contribution in [3.8, 4) is 0 Å². The normalized spacial score (nSPS) is 12.7. The molecule has 0 saturated heterocycles. The van der Waals surface area contributed by atoms with Crippen molar-refractivity contribution < 1.29 is 134 Å². The molecule has 32 nitrogen and oxygen atoms in total. The summed E-state index contributed by atoms with van der Waals surface area (Å²) in [7, 11) is 23.9. The molecule has 0 bridgehead atoms. The number of hydrogen-bond donors (Lipinski definition) is 2. The van der Waals surface area contributed by atoms with Crippen molar-refractivity contribution in [3.63, 3.8) is 0 Å². The van der Waals surface area contributed by atoms with Gasteiger partial charge in [-0.1, -0.05) is 148 Å². The van der Waals surface area contributed by atoms with E-state index >= 15 is 0 Å². The molecule has 0 radical (unpaired) electrons. The molecular formula is C103H232N5O27+. The Labute approximate surface area is 834 Å². The van der Waals surface area contributed by atoms with E-state index < -0.39 is 108 Å². The fourth-order valence-corrected chi connectivity index (χ4v) is 13.5. The highest BCUT2D eigenvalue weighted by Crippen LogP contribution is 2.50. The van der Waals surface area contributed by atoms with E-state index in [0.717, 1.165) is 0 Å². The lowest BCUT2D eigenvalue weighted by Crippen LogP contribution is -2.47. The van der Waals surface area contributed by atoms with Gasteiger partial charge in [-0.05, 0) is 239 Å². The van der Waals surface area contributed by atoms with Gasteiger partial charge in [-0.3, -0.25) is 57.5 Å². The molecule has 0 aromatic carbocycles. The van der Waals surface area contributed by atoms with Gasteiger partial charge < -0.3 is 95.9 Å². The number of aliphatic hydroxyl groups is 2. The van der Waals surface area contributed by atoms with Gasteiger partial charge in [0.05, 0.1) is 134 Å². The van der Waals surface area contributed by atoms with Crippen molar-refractivity contribution in [1.29, 1.82) is 0 Å². The second kappa shape index (κ2) is 86.4. The third kappa shape index (κ3) is 75.9. The van der Waals surface area contributed by atoms with Gasteiger partial charge in [-0.15, -0.1) is 0 Å². The van der Waals surface area contributed by atoms with Crippen molar-refractivity contribution in [3.05, 3.63) is 0 Å². The molecule has 0 aromatic heterocycles. The predicted octanol–water partition coefficient (Wildman–Crippen LogP) is 19.8. The molecule has 830 valence electrons. The number of quaternary nitrogens is 1. The first-order valence-electron chi connectivity index (χ1n) is 40.4. The Bertz CT molecular complexity index is 3020. The summed E-state index contributed by atoms with van der Waals surface area (Å²) in [6, 6.07) is 0. The maximum absolute atomic E-state index is 13.5. The number of nitrogens with zero attached hydrogens (tertiary/aromatic N) is 5. The Morgan fingerprint density at radius 1 is 0.267 bits per heavy atom. The van der Waals surface area contributed by atoms with Crippen LogP contribution in [0.2, 0.25) is 0 Å². The maximum Gasteiger partial charge on any atom is 0.312 e. The number of carbonyl (C=O) groups excluding carboxylic acids is 12. The quantitative estimate of drug-likeness (QED) is 0.0247. The van der Waals surface area contributed by atoms with Crippen molar-refractivity contribution in [2.75, 3.05) is 217 Å². The lowest BCUT2D eigenvalue weighted by atomic mass is 9.62.